The molecule has 0 amide bonds. The predicted octanol–water partition coefficient (Wildman–Crippen LogP) is 9.94. The molecule has 0 spiro atoms. The van der Waals surface area contributed by atoms with E-state index in [0.29, 0.717) is 22.5 Å². The number of ether oxygens (including phenoxy) is 2. The van der Waals surface area contributed by atoms with E-state index in [-0.39, 0.29) is 21.7 Å². The molecule has 0 radical (unpaired) electrons. The molecule has 0 saturated carbocycles. The predicted molar refractivity (Wildman–Crippen MR) is 183 cm³/mol. The number of nitrogens with one attached hydrogen (secondary N) is 2. The summed E-state index contributed by atoms with van der Waals surface area (Å²) in [5.74, 6) is -1.04. The fourth-order valence-electron chi connectivity index (χ4n) is 4.81. The molecule has 238 valence electrons. The van der Waals surface area contributed by atoms with Crippen LogP contribution < -0.4 is 10.6 Å². The number of benzene rings is 3. The van der Waals surface area contributed by atoms with Crippen LogP contribution in [0.1, 0.15) is 126 Å². The van der Waals surface area contributed by atoms with E-state index in [1.807, 2.05) is 0 Å². The van der Waals surface area contributed by atoms with Gasteiger partial charge in [0.05, 0.1) is 36.7 Å². The lowest BCUT2D eigenvalue weighted by molar-refractivity contribution is 0.0588. The average molecular weight is 601 g/mol. The Hall–Kier alpha value is -3.80. The van der Waals surface area contributed by atoms with Gasteiger partial charge in [-0.05, 0) is 80.3 Å². The van der Waals surface area contributed by atoms with Crippen LogP contribution >= 0.6 is 0 Å². The van der Waals surface area contributed by atoms with Gasteiger partial charge in [-0.3, -0.25) is 0 Å². The lowest BCUT2D eigenvalue weighted by Gasteiger charge is -2.27. The largest absolute Gasteiger partial charge is 0.465 e. The molecule has 3 aromatic rings. The van der Waals surface area contributed by atoms with Crippen LogP contribution in [0.25, 0.3) is 0 Å². The maximum absolute atomic E-state index is 13.2. The van der Waals surface area contributed by atoms with Crippen LogP contribution in [0.5, 0.6) is 0 Å². The van der Waals surface area contributed by atoms with E-state index in [1.165, 1.54) is 14.2 Å². The van der Waals surface area contributed by atoms with Crippen molar-refractivity contribution >= 4 is 34.7 Å². The topological polar surface area (TPSA) is 76.7 Å². The lowest BCUT2D eigenvalue weighted by atomic mass is 9.80. The highest BCUT2D eigenvalue weighted by molar-refractivity contribution is 6.04. The molecule has 0 saturated heterocycles. The quantitative estimate of drug-likeness (QED) is 0.274. The number of carbonyl (C=O) groups excluding carboxylic acids is 2. The molecule has 3 aromatic carbocycles. The van der Waals surface area contributed by atoms with Crippen molar-refractivity contribution in [3.63, 3.8) is 0 Å². The first-order chi connectivity index (χ1) is 20.0. The second kappa shape index (κ2) is 12.3. The van der Waals surface area contributed by atoms with Crippen LogP contribution in [-0.2, 0) is 31.1 Å². The van der Waals surface area contributed by atoms with Gasteiger partial charge in [-0.15, -0.1) is 0 Å². The fraction of sp³-hybridized carbons (Fsp3) is 0.474. The molecule has 2 N–H and O–H groups in total. The Labute approximate surface area is 264 Å². The van der Waals surface area contributed by atoms with Gasteiger partial charge in [0.15, 0.2) is 0 Å². The van der Waals surface area contributed by atoms with E-state index in [9.17, 15) is 9.59 Å². The first-order valence-electron chi connectivity index (χ1n) is 15.3. The second-order valence-electron chi connectivity index (χ2n) is 15.8. The number of anilines is 4. The molecule has 6 heteroatoms. The molecule has 0 heterocycles. The normalized spacial score (nSPS) is 12.5. The summed E-state index contributed by atoms with van der Waals surface area (Å²) in [6.07, 6.45) is 0. The smallest absolute Gasteiger partial charge is 0.340 e. The highest BCUT2D eigenvalue weighted by atomic mass is 16.5. The first-order valence-corrected chi connectivity index (χ1v) is 15.3. The minimum atomic E-state index is -0.520. The Bertz CT molecular complexity index is 1360. The Morgan fingerprint density at radius 2 is 0.705 bits per heavy atom. The van der Waals surface area contributed by atoms with Crippen LogP contribution in [0.2, 0.25) is 0 Å². The summed E-state index contributed by atoms with van der Waals surface area (Å²) in [6, 6.07) is 16.2. The van der Waals surface area contributed by atoms with Crippen molar-refractivity contribution in [2.24, 2.45) is 0 Å². The second-order valence-corrected chi connectivity index (χ2v) is 15.8. The van der Waals surface area contributed by atoms with Crippen molar-refractivity contribution in [1.82, 2.24) is 0 Å². The summed E-state index contributed by atoms with van der Waals surface area (Å²) >= 11 is 0. The summed E-state index contributed by atoms with van der Waals surface area (Å²) in [7, 11) is 2.71. The van der Waals surface area contributed by atoms with Crippen molar-refractivity contribution in [2.75, 3.05) is 24.9 Å². The van der Waals surface area contributed by atoms with Gasteiger partial charge in [-0.1, -0.05) is 95.2 Å². The number of hydrogen-bond acceptors (Lipinski definition) is 6. The van der Waals surface area contributed by atoms with E-state index in [4.69, 9.17) is 9.47 Å². The SMILES string of the molecule is COC(=O)c1cc(Nc2cc(C(C)(C)C)cc(C(C)(C)C)c2)c(C(=O)OC)cc1Nc1cc(C(C)(C)C)cc(C(C)(C)C)c1. The number of esters is 2. The molecule has 0 atom stereocenters. The van der Waals surface area contributed by atoms with Crippen molar-refractivity contribution in [3.05, 3.63) is 81.9 Å². The summed E-state index contributed by atoms with van der Waals surface area (Å²) in [5.41, 5.74) is 7.38. The van der Waals surface area contributed by atoms with Gasteiger partial charge >= 0.3 is 11.9 Å². The molecule has 0 unspecified atom stereocenters. The molecule has 0 aliphatic heterocycles. The van der Waals surface area contributed by atoms with Crippen molar-refractivity contribution in [1.29, 1.82) is 0 Å². The standard InChI is InChI=1S/C38H52N2O4/c1-35(2,3)23-15-24(36(4,5)6)18-27(17-23)39-31-21-30(34(42)44-14)32(22-29(31)33(41)43-13)40-28-19-25(37(7,8)9)16-26(20-28)38(10,11)12/h15-22,39-40H,1-14H3. The molecule has 44 heavy (non-hydrogen) atoms. The van der Waals surface area contributed by atoms with Crippen molar-refractivity contribution in [3.8, 4) is 0 Å². The first kappa shape index (κ1) is 34.7. The van der Waals surface area contributed by atoms with Gasteiger partial charge in [0.25, 0.3) is 0 Å². The van der Waals surface area contributed by atoms with Crippen LogP contribution in [-0.4, -0.2) is 26.2 Å². The van der Waals surface area contributed by atoms with E-state index in [2.05, 4.69) is 130 Å². The molecular weight excluding hydrogens is 548 g/mol. The van der Waals surface area contributed by atoms with E-state index < -0.39 is 11.9 Å². The highest BCUT2D eigenvalue weighted by Crippen LogP contribution is 2.37. The van der Waals surface area contributed by atoms with Crippen LogP contribution in [0.3, 0.4) is 0 Å². The lowest BCUT2D eigenvalue weighted by Crippen LogP contribution is -2.18. The Balaban J connectivity index is 2.25. The van der Waals surface area contributed by atoms with E-state index in [0.717, 1.165) is 33.6 Å². The van der Waals surface area contributed by atoms with Gasteiger partial charge in [0.1, 0.15) is 0 Å². The maximum atomic E-state index is 13.2. The summed E-state index contributed by atoms with van der Waals surface area (Å²) in [6.45, 7) is 26.1. The zero-order valence-electron chi connectivity index (χ0n) is 29.3. The average Bonchev–Trinajstić information content (AvgIpc) is 2.90. The number of methoxy groups -OCH3 is 2. The Kier molecular flexibility index (Phi) is 9.70. The van der Waals surface area contributed by atoms with Gasteiger partial charge in [-0.25, -0.2) is 9.59 Å². The van der Waals surface area contributed by atoms with Gasteiger partial charge in [-0.2, -0.15) is 0 Å². The third-order valence-electron chi connectivity index (χ3n) is 7.86. The molecule has 0 fully saturated rings. The maximum Gasteiger partial charge on any atom is 0.340 e. The van der Waals surface area contributed by atoms with Crippen molar-refractivity contribution in [2.45, 2.75) is 105 Å². The number of rotatable bonds is 6. The van der Waals surface area contributed by atoms with Gasteiger partial charge < -0.3 is 20.1 Å². The molecule has 0 aromatic heterocycles. The van der Waals surface area contributed by atoms with E-state index >= 15 is 0 Å². The Morgan fingerprint density at radius 3 is 0.909 bits per heavy atom. The molecule has 0 aliphatic carbocycles. The molecular formula is C38H52N2O4. The van der Waals surface area contributed by atoms with E-state index in [1.54, 1.807) is 12.1 Å². The summed E-state index contributed by atoms with van der Waals surface area (Å²) in [5, 5.41) is 6.89. The van der Waals surface area contributed by atoms with Gasteiger partial charge in [0, 0.05) is 11.4 Å². The monoisotopic (exact) mass is 600 g/mol. The number of hydrogen-bond donors (Lipinski definition) is 2. The van der Waals surface area contributed by atoms with Crippen LogP contribution in [0.4, 0.5) is 22.7 Å². The number of carbonyl (C=O) groups is 2. The Morgan fingerprint density at radius 1 is 0.455 bits per heavy atom. The van der Waals surface area contributed by atoms with Gasteiger partial charge in [0.2, 0.25) is 0 Å². The molecule has 0 aliphatic rings. The molecule has 6 nitrogen and oxygen atoms in total. The zero-order valence-corrected chi connectivity index (χ0v) is 29.3. The summed E-state index contributed by atoms with van der Waals surface area (Å²) < 4.78 is 10.4. The van der Waals surface area contributed by atoms with Crippen molar-refractivity contribution < 1.29 is 19.1 Å². The minimum Gasteiger partial charge on any atom is -0.465 e. The molecule has 3 rings (SSSR count). The molecule has 0 bridgehead atoms. The third kappa shape index (κ3) is 8.22. The highest BCUT2D eigenvalue weighted by Gasteiger charge is 2.25. The van der Waals surface area contributed by atoms with Crippen LogP contribution in [0.15, 0.2) is 48.5 Å². The van der Waals surface area contributed by atoms with Crippen LogP contribution in [0, 0.1) is 0 Å². The summed E-state index contributed by atoms with van der Waals surface area (Å²) in [4.78, 5) is 26.4. The third-order valence-corrected chi connectivity index (χ3v) is 7.86. The zero-order chi connectivity index (χ0) is 33.4. The minimum absolute atomic E-state index is 0.0959. The fourth-order valence-corrected chi connectivity index (χ4v) is 4.81.